The van der Waals surface area contributed by atoms with Crippen LogP contribution in [0.3, 0.4) is 0 Å². The average molecular weight is 447 g/mol. The summed E-state index contributed by atoms with van der Waals surface area (Å²) in [4.78, 5) is 11.7. The molecule has 1 unspecified atom stereocenters. The van der Waals surface area contributed by atoms with Gasteiger partial charge in [0, 0.05) is 17.5 Å². The lowest BCUT2D eigenvalue weighted by Gasteiger charge is -2.36. The minimum absolute atomic E-state index is 0.0478. The molecule has 2 aromatic carbocycles. The fraction of sp³-hybridized carbons (Fsp3) is 0.483. The van der Waals surface area contributed by atoms with Crippen LogP contribution in [0.5, 0.6) is 11.5 Å². The van der Waals surface area contributed by atoms with Gasteiger partial charge in [0.25, 0.3) is 0 Å². The molecule has 0 amide bonds. The van der Waals surface area contributed by atoms with Gasteiger partial charge in [-0.05, 0) is 72.8 Å². The predicted octanol–water partition coefficient (Wildman–Crippen LogP) is 6.78. The molecular weight excluding hydrogens is 412 g/mol. The van der Waals surface area contributed by atoms with Crippen LogP contribution in [-0.4, -0.2) is 19.7 Å². The molecule has 4 nitrogen and oxygen atoms in total. The Kier molecular flexibility index (Phi) is 5.72. The maximum atomic E-state index is 11.7. The number of rotatable bonds is 5. The van der Waals surface area contributed by atoms with Crippen LogP contribution in [0.25, 0.3) is 5.57 Å². The van der Waals surface area contributed by atoms with Gasteiger partial charge in [0.1, 0.15) is 17.6 Å². The second-order valence-electron chi connectivity index (χ2n) is 10.4. The summed E-state index contributed by atoms with van der Waals surface area (Å²) in [5.41, 5.74) is 8.58. The van der Waals surface area contributed by atoms with Gasteiger partial charge in [-0.2, -0.15) is 0 Å². The van der Waals surface area contributed by atoms with Gasteiger partial charge in [-0.25, -0.2) is 0 Å². The normalized spacial score (nSPS) is 23.0. The Morgan fingerprint density at radius 3 is 2.79 bits per heavy atom. The molecular formula is C29H34O4. The molecule has 33 heavy (non-hydrogen) atoms. The first-order chi connectivity index (χ1) is 15.9. The highest BCUT2D eigenvalue weighted by molar-refractivity contribution is 5.76. The number of allylic oxidation sites excluding steroid dienone is 2. The van der Waals surface area contributed by atoms with Crippen LogP contribution in [0.4, 0.5) is 0 Å². The third-order valence-electron chi connectivity index (χ3n) is 7.73. The Balaban J connectivity index is 1.39. The number of esters is 1. The first-order valence-electron chi connectivity index (χ1n) is 12.2. The van der Waals surface area contributed by atoms with Gasteiger partial charge in [-0.1, -0.05) is 43.7 Å². The number of hydrogen-bond donors (Lipinski definition) is 0. The number of ether oxygens (including phenoxy) is 3. The van der Waals surface area contributed by atoms with Crippen LogP contribution in [0, 0.1) is 5.41 Å². The molecule has 5 rings (SSSR count). The Hall–Kier alpha value is -2.75. The zero-order valence-electron chi connectivity index (χ0n) is 20.2. The Morgan fingerprint density at radius 1 is 1.15 bits per heavy atom. The van der Waals surface area contributed by atoms with E-state index in [-0.39, 0.29) is 23.4 Å². The predicted molar refractivity (Wildman–Crippen MR) is 130 cm³/mol. The molecule has 0 saturated heterocycles. The molecule has 0 aromatic heterocycles. The fourth-order valence-corrected chi connectivity index (χ4v) is 6.14. The smallest absolute Gasteiger partial charge is 0.306 e. The van der Waals surface area contributed by atoms with Crippen molar-refractivity contribution >= 4 is 11.5 Å². The summed E-state index contributed by atoms with van der Waals surface area (Å²) in [6, 6.07) is 12.8. The van der Waals surface area contributed by atoms with E-state index >= 15 is 0 Å². The van der Waals surface area contributed by atoms with E-state index in [1.165, 1.54) is 43.1 Å². The molecule has 0 spiro atoms. The van der Waals surface area contributed by atoms with E-state index in [1.54, 1.807) is 11.1 Å². The van der Waals surface area contributed by atoms with E-state index in [0.29, 0.717) is 13.0 Å². The number of benzene rings is 2. The van der Waals surface area contributed by atoms with Crippen LogP contribution in [0.2, 0.25) is 0 Å². The first-order valence-corrected chi connectivity index (χ1v) is 12.2. The minimum atomic E-state index is -0.207. The average Bonchev–Trinajstić information content (AvgIpc) is 3.37. The quantitative estimate of drug-likeness (QED) is 0.475. The van der Waals surface area contributed by atoms with Crippen LogP contribution in [0.15, 0.2) is 42.0 Å². The van der Waals surface area contributed by atoms with Gasteiger partial charge < -0.3 is 14.2 Å². The monoisotopic (exact) mass is 446 g/mol. The van der Waals surface area contributed by atoms with E-state index in [2.05, 4.69) is 39.0 Å². The Labute approximate surface area is 196 Å². The van der Waals surface area contributed by atoms with Crippen LogP contribution >= 0.6 is 0 Å². The van der Waals surface area contributed by atoms with Gasteiger partial charge >= 0.3 is 5.97 Å². The second-order valence-corrected chi connectivity index (χ2v) is 10.4. The zero-order valence-corrected chi connectivity index (χ0v) is 20.2. The summed E-state index contributed by atoms with van der Waals surface area (Å²) >= 11 is 0. The third kappa shape index (κ3) is 4.05. The van der Waals surface area contributed by atoms with Crippen molar-refractivity contribution in [2.75, 3.05) is 13.7 Å². The van der Waals surface area contributed by atoms with Crippen molar-refractivity contribution in [3.8, 4) is 11.5 Å². The molecule has 2 atom stereocenters. The van der Waals surface area contributed by atoms with Crippen molar-refractivity contribution in [1.29, 1.82) is 0 Å². The summed E-state index contributed by atoms with van der Waals surface area (Å²) in [7, 11) is 1.42. The van der Waals surface area contributed by atoms with E-state index in [1.807, 2.05) is 18.2 Å². The summed E-state index contributed by atoms with van der Waals surface area (Å²) < 4.78 is 17.2. The maximum absolute atomic E-state index is 11.7. The minimum Gasteiger partial charge on any atom is -0.492 e. The molecule has 0 fully saturated rings. The molecule has 3 aliphatic rings. The molecule has 4 heteroatoms. The molecule has 1 aliphatic heterocycles. The summed E-state index contributed by atoms with van der Waals surface area (Å²) in [6.07, 6.45) is 6.16. The number of fused-ring (bicyclic) bond motifs is 2. The maximum Gasteiger partial charge on any atom is 0.306 e. The lowest BCUT2D eigenvalue weighted by molar-refractivity contribution is -0.141. The van der Waals surface area contributed by atoms with Crippen LogP contribution in [0.1, 0.15) is 87.2 Å². The van der Waals surface area contributed by atoms with Crippen molar-refractivity contribution in [2.24, 2.45) is 5.41 Å². The summed E-state index contributed by atoms with van der Waals surface area (Å²) in [6.45, 7) is 7.61. The van der Waals surface area contributed by atoms with Gasteiger partial charge in [-0.3, -0.25) is 4.79 Å². The Bertz CT molecular complexity index is 1110. The lowest BCUT2D eigenvalue weighted by atomic mass is 9.69. The van der Waals surface area contributed by atoms with Crippen molar-refractivity contribution in [1.82, 2.24) is 0 Å². The van der Waals surface area contributed by atoms with Crippen molar-refractivity contribution in [3.05, 3.63) is 64.2 Å². The topological polar surface area (TPSA) is 44.8 Å². The third-order valence-corrected chi connectivity index (χ3v) is 7.73. The van der Waals surface area contributed by atoms with Gasteiger partial charge in [0.2, 0.25) is 0 Å². The molecule has 0 bridgehead atoms. The number of carbonyl (C=O) groups excluding carboxylic acids is 1. The second kappa shape index (κ2) is 8.55. The fourth-order valence-electron chi connectivity index (χ4n) is 6.14. The van der Waals surface area contributed by atoms with E-state index in [4.69, 9.17) is 14.2 Å². The molecule has 0 saturated carbocycles. The summed E-state index contributed by atoms with van der Waals surface area (Å²) in [5.74, 6) is 1.48. The highest BCUT2D eigenvalue weighted by Gasteiger charge is 2.34. The van der Waals surface area contributed by atoms with Crippen molar-refractivity contribution in [3.63, 3.8) is 0 Å². The highest BCUT2D eigenvalue weighted by atomic mass is 16.5. The Morgan fingerprint density at radius 2 is 2.00 bits per heavy atom. The van der Waals surface area contributed by atoms with E-state index in [9.17, 15) is 4.79 Å². The molecule has 0 radical (unpaired) electrons. The number of hydrogen-bond acceptors (Lipinski definition) is 4. The van der Waals surface area contributed by atoms with Gasteiger partial charge in [-0.15, -0.1) is 0 Å². The number of carbonyl (C=O) groups is 1. The van der Waals surface area contributed by atoms with Gasteiger partial charge in [0.15, 0.2) is 0 Å². The highest BCUT2D eigenvalue weighted by Crippen LogP contribution is 2.49. The van der Waals surface area contributed by atoms with E-state index in [0.717, 1.165) is 29.9 Å². The largest absolute Gasteiger partial charge is 0.492 e. The van der Waals surface area contributed by atoms with Crippen molar-refractivity contribution in [2.45, 2.75) is 71.3 Å². The molecule has 2 aromatic rings. The molecule has 174 valence electrons. The molecule has 2 aliphatic carbocycles. The lowest BCUT2D eigenvalue weighted by Crippen LogP contribution is -2.20. The van der Waals surface area contributed by atoms with Crippen molar-refractivity contribution < 1.29 is 19.0 Å². The zero-order chi connectivity index (χ0) is 23.2. The van der Waals surface area contributed by atoms with Crippen LogP contribution in [-0.2, 0) is 16.0 Å². The first kappa shape index (κ1) is 22.1. The summed E-state index contributed by atoms with van der Waals surface area (Å²) in [5, 5.41) is 0. The van der Waals surface area contributed by atoms with Crippen LogP contribution < -0.4 is 9.47 Å². The SMILES string of the molecule is COC(=O)CC1COc2cc(O[C@@H]3CCc4c(C5=C(C)CCCC5(C)C)cccc43)ccc21. The van der Waals surface area contributed by atoms with E-state index < -0.39 is 0 Å². The standard InChI is InChI=1S/C29H34O4/c1-18-7-6-14-29(2,3)28(18)24-9-5-8-23-22(24)12-13-25(23)33-20-10-11-21-19(15-27(30)31-4)17-32-26(21)16-20/h5,8-11,16,19,25H,6-7,12-15,17H2,1-4H3/t19?,25-/m1/s1. The molecule has 1 heterocycles. The van der Waals surface area contributed by atoms with Gasteiger partial charge in [0.05, 0.1) is 20.1 Å². The molecule has 0 N–H and O–H groups in total. The number of methoxy groups -OCH3 is 1.